The van der Waals surface area contributed by atoms with Crippen LogP contribution in [0.3, 0.4) is 0 Å². The highest BCUT2D eigenvalue weighted by molar-refractivity contribution is 9.10. The second kappa shape index (κ2) is 5.02. The number of halogens is 4. The van der Waals surface area contributed by atoms with E-state index in [0.29, 0.717) is 0 Å². The van der Waals surface area contributed by atoms with Gasteiger partial charge in [-0.15, -0.1) is 0 Å². The number of pyridine rings is 1. The molecule has 0 aliphatic rings. The Morgan fingerprint density at radius 2 is 1.81 bits per heavy atom. The van der Waals surface area contributed by atoms with Gasteiger partial charge in [0.2, 0.25) is 0 Å². The van der Waals surface area contributed by atoms with Crippen LogP contribution in [0.4, 0.5) is 13.2 Å². The number of para-hydroxylation sites is 1. The van der Waals surface area contributed by atoms with Crippen LogP contribution in [0.25, 0.3) is 10.9 Å². The lowest BCUT2D eigenvalue weighted by atomic mass is 10.2. The predicted octanol–water partition coefficient (Wildman–Crippen LogP) is 2.53. The number of benzene rings is 1. The lowest BCUT2D eigenvalue weighted by Crippen LogP contribution is -2.29. The molecule has 0 unspecified atom stereocenters. The average Bonchev–Trinajstić information content (AvgIpc) is 2.40. The van der Waals surface area contributed by atoms with Crippen molar-refractivity contribution in [3.05, 3.63) is 39.1 Å². The van der Waals surface area contributed by atoms with Gasteiger partial charge in [0.05, 0.1) is 5.52 Å². The Labute approximate surface area is 125 Å². The number of alkyl halides is 3. The largest absolute Gasteiger partial charge is 0.534 e. The Morgan fingerprint density at radius 1 is 1.24 bits per heavy atom. The van der Waals surface area contributed by atoms with Crippen molar-refractivity contribution in [1.29, 1.82) is 0 Å². The standard InChI is InChI=1S/C11H7BrF3NO4S/c1-16-7-5-3-2-4-6(7)9(8(12)10(16)17)20-21(18,19)11(13,14)15/h2-5H,1H3. The highest BCUT2D eigenvalue weighted by Gasteiger charge is 2.49. The Bertz CT molecular complexity index is 873. The summed E-state index contributed by atoms with van der Waals surface area (Å²) in [6.45, 7) is 0. The molecule has 0 saturated heterocycles. The Kier molecular flexibility index (Phi) is 3.79. The van der Waals surface area contributed by atoms with Gasteiger partial charge < -0.3 is 8.75 Å². The molecule has 0 fully saturated rings. The van der Waals surface area contributed by atoms with E-state index >= 15 is 0 Å². The zero-order valence-corrected chi connectivity index (χ0v) is 12.7. The predicted molar refractivity (Wildman–Crippen MR) is 72.5 cm³/mol. The summed E-state index contributed by atoms with van der Waals surface area (Å²) in [6, 6.07) is 5.83. The molecule has 1 heterocycles. The van der Waals surface area contributed by atoms with Crippen molar-refractivity contribution >= 4 is 37.0 Å². The van der Waals surface area contributed by atoms with E-state index in [1.165, 1.54) is 25.2 Å². The van der Waals surface area contributed by atoms with Gasteiger partial charge in [-0.05, 0) is 28.1 Å². The molecular weight excluding hydrogens is 379 g/mol. The summed E-state index contributed by atoms with van der Waals surface area (Å²) in [7, 11) is -4.47. The molecule has 2 aromatic rings. The third-order valence-electron chi connectivity index (χ3n) is 2.68. The summed E-state index contributed by atoms with van der Waals surface area (Å²) < 4.78 is 64.4. The summed E-state index contributed by atoms with van der Waals surface area (Å²) in [5, 5.41) is 0.0549. The summed E-state index contributed by atoms with van der Waals surface area (Å²) in [5.74, 6) is -0.689. The molecule has 0 aliphatic carbocycles. The van der Waals surface area contributed by atoms with Crippen molar-refractivity contribution in [2.24, 2.45) is 7.05 Å². The average molecular weight is 386 g/mol. The van der Waals surface area contributed by atoms with Crippen molar-refractivity contribution in [2.45, 2.75) is 5.51 Å². The molecule has 5 nitrogen and oxygen atoms in total. The van der Waals surface area contributed by atoms with Crippen LogP contribution in [0.15, 0.2) is 33.5 Å². The fourth-order valence-corrected chi connectivity index (χ4v) is 2.82. The highest BCUT2D eigenvalue weighted by Crippen LogP contribution is 2.35. The Balaban J connectivity index is 2.80. The van der Waals surface area contributed by atoms with Crippen LogP contribution in [0.2, 0.25) is 0 Å². The van der Waals surface area contributed by atoms with Gasteiger partial charge >= 0.3 is 15.6 Å². The van der Waals surface area contributed by atoms with E-state index < -0.39 is 31.4 Å². The first-order valence-corrected chi connectivity index (χ1v) is 7.54. The normalized spacial score (nSPS) is 12.6. The Hall–Kier alpha value is -1.55. The molecule has 0 saturated carbocycles. The summed E-state index contributed by atoms with van der Waals surface area (Å²) in [5.41, 5.74) is -6.08. The quantitative estimate of drug-likeness (QED) is 0.588. The van der Waals surface area contributed by atoms with Crippen molar-refractivity contribution in [2.75, 3.05) is 0 Å². The highest BCUT2D eigenvalue weighted by atomic mass is 79.9. The van der Waals surface area contributed by atoms with Gasteiger partial charge in [0.1, 0.15) is 4.47 Å². The minimum Gasteiger partial charge on any atom is -0.374 e. The van der Waals surface area contributed by atoms with E-state index in [1.807, 2.05) is 0 Å². The SMILES string of the molecule is Cn1c(=O)c(Br)c(OS(=O)(=O)C(F)(F)F)c2ccccc21. The maximum Gasteiger partial charge on any atom is 0.534 e. The zero-order chi connectivity index (χ0) is 16.0. The molecule has 114 valence electrons. The lowest BCUT2D eigenvalue weighted by Gasteiger charge is -2.14. The van der Waals surface area contributed by atoms with Crippen LogP contribution in [0, 0.1) is 0 Å². The van der Waals surface area contributed by atoms with E-state index in [2.05, 4.69) is 20.1 Å². The maximum absolute atomic E-state index is 12.4. The van der Waals surface area contributed by atoms with Gasteiger partial charge in [0.25, 0.3) is 5.56 Å². The van der Waals surface area contributed by atoms with Gasteiger partial charge in [0.15, 0.2) is 5.75 Å². The molecule has 0 N–H and O–H groups in total. The van der Waals surface area contributed by atoms with Crippen LogP contribution < -0.4 is 9.74 Å². The summed E-state index contributed by atoms with van der Waals surface area (Å²) in [6.07, 6.45) is 0. The first-order valence-electron chi connectivity index (χ1n) is 5.34. The number of rotatable bonds is 2. The number of hydrogen-bond acceptors (Lipinski definition) is 4. The fourth-order valence-electron chi connectivity index (χ4n) is 1.67. The van der Waals surface area contributed by atoms with E-state index in [1.54, 1.807) is 6.07 Å². The Morgan fingerprint density at radius 3 is 2.38 bits per heavy atom. The van der Waals surface area contributed by atoms with Crippen LogP contribution in [0.5, 0.6) is 5.75 Å². The molecule has 10 heteroatoms. The summed E-state index contributed by atoms with van der Waals surface area (Å²) in [4.78, 5) is 11.9. The fraction of sp³-hybridized carbons (Fsp3) is 0.182. The van der Waals surface area contributed by atoms with Gasteiger partial charge in [-0.2, -0.15) is 21.6 Å². The molecule has 0 aliphatic heterocycles. The van der Waals surface area contributed by atoms with E-state index in [9.17, 15) is 26.4 Å². The van der Waals surface area contributed by atoms with Crippen molar-refractivity contribution in [1.82, 2.24) is 4.57 Å². The van der Waals surface area contributed by atoms with Gasteiger partial charge in [0, 0.05) is 12.4 Å². The molecule has 0 amide bonds. The second-order valence-electron chi connectivity index (χ2n) is 4.01. The van der Waals surface area contributed by atoms with E-state index in [0.717, 1.165) is 4.57 Å². The number of hydrogen-bond donors (Lipinski definition) is 0. The minimum atomic E-state index is -5.87. The van der Waals surface area contributed by atoms with E-state index in [-0.39, 0.29) is 10.9 Å². The van der Waals surface area contributed by atoms with Crippen molar-refractivity contribution < 1.29 is 25.8 Å². The number of aromatic nitrogens is 1. The number of aryl methyl sites for hydroxylation is 1. The molecule has 0 bridgehead atoms. The molecular formula is C11H7BrF3NO4S. The number of fused-ring (bicyclic) bond motifs is 1. The molecule has 0 spiro atoms. The van der Waals surface area contributed by atoms with Crippen LogP contribution in [-0.4, -0.2) is 18.5 Å². The first-order chi connectivity index (χ1) is 9.56. The second-order valence-corrected chi connectivity index (χ2v) is 6.34. The molecule has 21 heavy (non-hydrogen) atoms. The summed E-state index contributed by atoms with van der Waals surface area (Å²) >= 11 is 2.78. The molecule has 0 radical (unpaired) electrons. The molecule has 1 aromatic heterocycles. The molecule has 1 aromatic carbocycles. The lowest BCUT2D eigenvalue weighted by molar-refractivity contribution is -0.0499. The van der Waals surface area contributed by atoms with Crippen LogP contribution in [0.1, 0.15) is 0 Å². The van der Waals surface area contributed by atoms with Crippen LogP contribution >= 0.6 is 15.9 Å². The smallest absolute Gasteiger partial charge is 0.374 e. The molecule has 0 atom stereocenters. The van der Waals surface area contributed by atoms with Gasteiger partial charge in [-0.1, -0.05) is 12.1 Å². The van der Waals surface area contributed by atoms with Gasteiger partial charge in [-0.25, -0.2) is 0 Å². The minimum absolute atomic E-state index is 0.0549. The van der Waals surface area contributed by atoms with Crippen LogP contribution in [-0.2, 0) is 17.2 Å². The maximum atomic E-state index is 12.4. The monoisotopic (exact) mass is 385 g/mol. The zero-order valence-electron chi connectivity index (χ0n) is 10.3. The van der Waals surface area contributed by atoms with Gasteiger partial charge in [-0.3, -0.25) is 4.79 Å². The van der Waals surface area contributed by atoms with E-state index in [4.69, 9.17) is 0 Å². The third kappa shape index (κ3) is 2.64. The van der Waals surface area contributed by atoms with Crippen molar-refractivity contribution in [3.8, 4) is 5.75 Å². The van der Waals surface area contributed by atoms with Crippen molar-refractivity contribution in [3.63, 3.8) is 0 Å². The topological polar surface area (TPSA) is 65.4 Å². The number of nitrogens with zero attached hydrogens (tertiary/aromatic N) is 1. The molecule has 2 rings (SSSR count). The third-order valence-corrected chi connectivity index (χ3v) is 4.33. The first kappa shape index (κ1) is 15.8.